The van der Waals surface area contributed by atoms with Gasteiger partial charge in [-0.15, -0.1) is 0 Å². The average molecular weight is 654 g/mol. The normalized spacial score (nSPS) is 25.4. The van der Waals surface area contributed by atoms with Gasteiger partial charge in [0.2, 0.25) is 0 Å². The Balaban J connectivity index is 5.93. The lowest BCUT2D eigenvalue weighted by atomic mass is 9.59. The molecular formula is C42H87NO3. The molecule has 0 aromatic carbocycles. The molecule has 0 aliphatic rings. The van der Waals surface area contributed by atoms with Crippen molar-refractivity contribution in [3.8, 4) is 0 Å². The maximum Gasteiger partial charge on any atom is 0.0958 e. The number of aliphatic hydroxyl groups is 2. The minimum atomic E-state index is -0.695. The Labute approximate surface area is 290 Å². The van der Waals surface area contributed by atoms with E-state index >= 15 is 0 Å². The Bertz CT molecular complexity index is 804. The third-order valence-corrected chi connectivity index (χ3v) is 15.3. The molecular weight excluding hydrogens is 566 g/mol. The van der Waals surface area contributed by atoms with E-state index in [0.29, 0.717) is 83.5 Å². The fraction of sp³-hybridized carbons (Fsp3) is 1.00. The van der Waals surface area contributed by atoms with E-state index in [2.05, 4.69) is 125 Å². The number of aliphatic hydroxyl groups excluding tert-OH is 1. The van der Waals surface area contributed by atoms with Crippen LogP contribution < -0.4 is 5.73 Å². The van der Waals surface area contributed by atoms with Crippen LogP contribution in [0.15, 0.2) is 0 Å². The van der Waals surface area contributed by atoms with Crippen LogP contribution in [0.5, 0.6) is 0 Å². The fourth-order valence-electron chi connectivity index (χ4n) is 9.17. The molecule has 4 N–H and O–H groups in total. The first-order valence-electron chi connectivity index (χ1n) is 19.8. The molecule has 0 aromatic rings. The molecule has 0 saturated heterocycles. The first-order valence-corrected chi connectivity index (χ1v) is 19.8. The van der Waals surface area contributed by atoms with Crippen LogP contribution in [0.2, 0.25) is 0 Å². The Morgan fingerprint density at radius 3 is 1.15 bits per heavy atom. The summed E-state index contributed by atoms with van der Waals surface area (Å²) in [4.78, 5) is 0. The minimum absolute atomic E-state index is 0.0321. The molecule has 4 heteroatoms. The smallest absolute Gasteiger partial charge is 0.0958 e. The minimum Gasteiger partial charge on any atom is -0.394 e. The summed E-state index contributed by atoms with van der Waals surface area (Å²) in [5, 5.41) is 22.6. The topological polar surface area (TPSA) is 75.7 Å². The van der Waals surface area contributed by atoms with Crippen molar-refractivity contribution in [3.63, 3.8) is 0 Å². The van der Waals surface area contributed by atoms with Gasteiger partial charge in [0.1, 0.15) is 0 Å². The monoisotopic (exact) mass is 654 g/mol. The van der Waals surface area contributed by atoms with Crippen molar-refractivity contribution < 1.29 is 14.9 Å². The highest BCUT2D eigenvalue weighted by Crippen LogP contribution is 2.48. The van der Waals surface area contributed by atoms with E-state index in [0.717, 1.165) is 6.42 Å². The zero-order chi connectivity index (χ0) is 36.4. The summed E-state index contributed by atoms with van der Waals surface area (Å²) in [5.74, 6) is 7.50. The average Bonchev–Trinajstić information content (AvgIpc) is 3.04. The van der Waals surface area contributed by atoms with E-state index in [4.69, 9.17) is 10.5 Å². The fourth-order valence-corrected chi connectivity index (χ4v) is 9.17. The van der Waals surface area contributed by atoms with Gasteiger partial charge in [-0.25, -0.2) is 0 Å². The van der Waals surface area contributed by atoms with Crippen molar-refractivity contribution in [2.24, 2.45) is 100 Å². The van der Waals surface area contributed by atoms with Gasteiger partial charge in [0.05, 0.1) is 18.3 Å². The van der Waals surface area contributed by atoms with Gasteiger partial charge < -0.3 is 20.7 Å². The summed E-state index contributed by atoms with van der Waals surface area (Å²) in [7, 11) is 0. The molecule has 0 amide bonds. The van der Waals surface area contributed by atoms with Gasteiger partial charge in [-0.3, -0.25) is 0 Å². The predicted octanol–water partition coefficient (Wildman–Crippen LogP) is 10.4. The van der Waals surface area contributed by atoms with E-state index < -0.39 is 5.60 Å². The van der Waals surface area contributed by atoms with E-state index in [1.807, 2.05) is 6.92 Å². The largest absolute Gasteiger partial charge is 0.394 e. The number of hydrogen-bond donors (Lipinski definition) is 3. The van der Waals surface area contributed by atoms with Gasteiger partial charge in [0, 0.05) is 12.6 Å². The molecule has 0 spiro atoms. The van der Waals surface area contributed by atoms with Crippen LogP contribution in [-0.2, 0) is 4.74 Å². The number of hydrogen-bond acceptors (Lipinski definition) is 4. The van der Waals surface area contributed by atoms with Crippen molar-refractivity contribution in [2.75, 3.05) is 13.2 Å². The van der Waals surface area contributed by atoms with E-state index in [-0.39, 0.29) is 36.5 Å². The first-order chi connectivity index (χ1) is 21.1. The van der Waals surface area contributed by atoms with E-state index in [9.17, 15) is 10.2 Å². The lowest BCUT2D eigenvalue weighted by Crippen LogP contribution is -2.51. The second kappa shape index (κ2) is 20.5. The molecule has 46 heavy (non-hydrogen) atoms. The highest BCUT2D eigenvalue weighted by atomic mass is 16.5. The summed E-state index contributed by atoms with van der Waals surface area (Å²) < 4.78 is 5.77. The summed E-state index contributed by atoms with van der Waals surface area (Å²) in [6, 6.07) is -0.181. The van der Waals surface area contributed by atoms with Gasteiger partial charge in [0.25, 0.3) is 0 Å². The Morgan fingerprint density at radius 1 is 0.522 bits per heavy atom. The van der Waals surface area contributed by atoms with Crippen LogP contribution in [0.25, 0.3) is 0 Å². The quantitative estimate of drug-likeness (QED) is 0.103. The van der Waals surface area contributed by atoms with Gasteiger partial charge in [-0.2, -0.15) is 0 Å². The van der Waals surface area contributed by atoms with Gasteiger partial charge in [-0.05, 0) is 108 Å². The molecule has 4 nitrogen and oxygen atoms in total. The van der Waals surface area contributed by atoms with Gasteiger partial charge in [-0.1, -0.05) is 131 Å². The molecule has 0 aliphatic heterocycles. The molecule has 0 aliphatic carbocycles. The summed E-state index contributed by atoms with van der Waals surface area (Å²) in [5.41, 5.74) is 5.94. The third-order valence-electron chi connectivity index (χ3n) is 15.3. The molecule has 0 bridgehead atoms. The molecule has 0 heterocycles. The Kier molecular flexibility index (Phi) is 20.4. The van der Waals surface area contributed by atoms with E-state index in [1.165, 1.54) is 6.42 Å². The lowest BCUT2D eigenvalue weighted by Gasteiger charge is -2.49. The second-order valence-electron chi connectivity index (χ2n) is 17.6. The van der Waals surface area contributed by atoms with Crippen molar-refractivity contribution >= 4 is 0 Å². The molecule has 278 valence electrons. The molecule has 0 saturated carbocycles. The molecule has 18 unspecified atom stereocenters. The van der Waals surface area contributed by atoms with Crippen molar-refractivity contribution in [1.29, 1.82) is 0 Å². The molecule has 0 rings (SSSR count). The highest BCUT2D eigenvalue weighted by Gasteiger charge is 2.47. The maximum absolute atomic E-state index is 12.7. The van der Waals surface area contributed by atoms with E-state index in [1.54, 1.807) is 0 Å². The van der Waals surface area contributed by atoms with Crippen molar-refractivity contribution in [3.05, 3.63) is 0 Å². The number of ether oxygens (including phenoxy) is 1. The Morgan fingerprint density at radius 2 is 0.848 bits per heavy atom. The molecule has 0 radical (unpaired) electrons. The molecule has 18 atom stereocenters. The Hall–Kier alpha value is -0.160. The number of rotatable bonds is 23. The van der Waals surface area contributed by atoms with Crippen molar-refractivity contribution in [1.82, 2.24) is 0 Å². The summed E-state index contributed by atoms with van der Waals surface area (Å²) in [6.45, 7) is 45.4. The standard InChI is InChI=1S/C42H87NO3/c1-20-25(5)26(6)27(7)35(15)38(18)42(45,22-24(3)4)39(19)36(16)33(13)31(11)29(9)28(8)30(10)32(12)34(14)37(17)41(43)40(23-44)46-21-2/h24-41,44-45H,20-23,43H2,1-19H3. The van der Waals surface area contributed by atoms with Gasteiger partial charge >= 0.3 is 0 Å². The van der Waals surface area contributed by atoms with Crippen LogP contribution in [-0.4, -0.2) is 41.2 Å². The van der Waals surface area contributed by atoms with Crippen LogP contribution >= 0.6 is 0 Å². The van der Waals surface area contributed by atoms with Crippen molar-refractivity contribution in [2.45, 2.75) is 162 Å². The van der Waals surface area contributed by atoms with Crippen LogP contribution in [0, 0.1) is 94.7 Å². The third kappa shape index (κ3) is 11.4. The second-order valence-corrected chi connectivity index (χ2v) is 17.6. The first kappa shape index (κ1) is 45.8. The van der Waals surface area contributed by atoms with Gasteiger partial charge in [0.15, 0.2) is 0 Å². The number of nitrogens with two attached hydrogens (primary N) is 1. The highest BCUT2D eigenvalue weighted by molar-refractivity contribution is 4.97. The van der Waals surface area contributed by atoms with Crippen LogP contribution in [0.4, 0.5) is 0 Å². The molecule has 0 fully saturated rings. The van der Waals surface area contributed by atoms with Crippen LogP contribution in [0.3, 0.4) is 0 Å². The zero-order valence-electron chi connectivity index (χ0n) is 34.6. The molecule has 0 aromatic heterocycles. The lowest BCUT2D eigenvalue weighted by molar-refractivity contribution is -0.122. The predicted molar refractivity (Wildman–Crippen MR) is 203 cm³/mol. The summed E-state index contributed by atoms with van der Waals surface area (Å²) in [6.07, 6.45) is 1.76. The summed E-state index contributed by atoms with van der Waals surface area (Å²) >= 11 is 0. The zero-order valence-corrected chi connectivity index (χ0v) is 34.6. The van der Waals surface area contributed by atoms with Crippen LogP contribution in [0.1, 0.15) is 144 Å². The SMILES string of the molecule is CCOC(CO)C(N)C(C)C(C)C(C)C(C)C(C)C(C)C(C)C(C)C(C)C(C)C(O)(CC(C)C)C(C)C(C)C(C)C(C)C(C)CC. The maximum atomic E-state index is 12.7.